The van der Waals surface area contributed by atoms with Crippen LogP contribution in [0.3, 0.4) is 0 Å². The summed E-state index contributed by atoms with van der Waals surface area (Å²) >= 11 is 0. The van der Waals surface area contributed by atoms with Gasteiger partial charge >= 0.3 is 0 Å². The molecule has 3 atom stereocenters. The summed E-state index contributed by atoms with van der Waals surface area (Å²) in [6.07, 6.45) is 2.82. The number of piperidine rings is 1. The second-order valence-corrected chi connectivity index (χ2v) is 9.93. The van der Waals surface area contributed by atoms with Crippen LogP contribution in [0.15, 0.2) is 54.6 Å². The largest absolute Gasteiger partial charge is 0.385 e. The second kappa shape index (κ2) is 10.8. The molecule has 3 heterocycles. The molecular formula is C28H35N5O3. The van der Waals surface area contributed by atoms with Crippen LogP contribution in [0.25, 0.3) is 11.0 Å². The molecule has 2 saturated heterocycles. The number of para-hydroxylation sites is 2. The first-order valence-electron chi connectivity index (χ1n) is 12.9. The molecule has 36 heavy (non-hydrogen) atoms. The normalized spacial score (nSPS) is 22.3. The van der Waals surface area contributed by atoms with Crippen molar-refractivity contribution in [1.29, 1.82) is 0 Å². The summed E-state index contributed by atoms with van der Waals surface area (Å²) in [6.45, 7) is 3.63. The molecule has 2 aliphatic heterocycles. The monoisotopic (exact) mass is 489 g/mol. The molecule has 2 aliphatic rings. The van der Waals surface area contributed by atoms with Crippen LogP contribution in [-0.4, -0.2) is 77.1 Å². The van der Waals surface area contributed by atoms with E-state index in [1.165, 1.54) is 0 Å². The van der Waals surface area contributed by atoms with Crippen molar-refractivity contribution in [1.82, 2.24) is 19.4 Å². The fourth-order valence-corrected chi connectivity index (χ4v) is 5.65. The number of nitrogens with zero attached hydrogens (tertiary/aromatic N) is 4. The number of hydrogen-bond donors (Lipinski definition) is 1. The van der Waals surface area contributed by atoms with Gasteiger partial charge in [0.1, 0.15) is 5.82 Å². The Bertz CT molecular complexity index is 1210. The van der Waals surface area contributed by atoms with Crippen molar-refractivity contribution in [2.24, 2.45) is 11.7 Å². The highest BCUT2D eigenvalue weighted by Gasteiger charge is 2.41. The third kappa shape index (κ3) is 4.88. The van der Waals surface area contributed by atoms with Crippen molar-refractivity contribution in [2.45, 2.75) is 37.8 Å². The number of nitrogens with two attached hydrogens (primary N) is 1. The van der Waals surface area contributed by atoms with Crippen LogP contribution in [0.2, 0.25) is 0 Å². The van der Waals surface area contributed by atoms with E-state index < -0.39 is 0 Å². The number of benzene rings is 2. The molecule has 0 spiro atoms. The molecule has 8 heteroatoms. The minimum Gasteiger partial charge on any atom is -0.385 e. The molecule has 8 nitrogen and oxygen atoms in total. The van der Waals surface area contributed by atoms with E-state index in [0.717, 1.165) is 49.2 Å². The molecule has 3 aromatic rings. The van der Waals surface area contributed by atoms with Gasteiger partial charge in [0.15, 0.2) is 0 Å². The molecule has 5 rings (SSSR count). The number of rotatable bonds is 7. The zero-order valence-electron chi connectivity index (χ0n) is 20.9. The maximum Gasteiger partial charge on any atom is 0.253 e. The molecule has 1 unspecified atom stereocenters. The van der Waals surface area contributed by atoms with Crippen LogP contribution in [0, 0.1) is 5.92 Å². The molecule has 2 N–H and O–H groups in total. The maximum atomic E-state index is 13.6. The van der Waals surface area contributed by atoms with Crippen LogP contribution in [0.1, 0.15) is 41.4 Å². The van der Waals surface area contributed by atoms with Crippen LogP contribution in [-0.2, 0) is 16.1 Å². The van der Waals surface area contributed by atoms with Crippen LogP contribution < -0.4 is 5.73 Å². The first kappa shape index (κ1) is 24.5. The molecule has 190 valence electrons. The Morgan fingerprint density at radius 3 is 2.61 bits per heavy atom. The predicted octanol–water partition coefficient (Wildman–Crippen LogP) is 2.88. The Balaban J connectivity index is 1.31. The predicted molar refractivity (Wildman–Crippen MR) is 139 cm³/mol. The molecule has 2 amide bonds. The Labute approximate surface area is 212 Å². The highest BCUT2D eigenvalue weighted by Crippen LogP contribution is 2.31. The van der Waals surface area contributed by atoms with E-state index in [0.29, 0.717) is 31.8 Å². The Morgan fingerprint density at radius 2 is 1.81 bits per heavy atom. The number of carbonyl (C=O) groups is 2. The van der Waals surface area contributed by atoms with Gasteiger partial charge in [-0.3, -0.25) is 9.59 Å². The first-order chi connectivity index (χ1) is 17.6. The Morgan fingerprint density at radius 1 is 1.03 bits per heavy atom. The van der Waals surface area contributed by atoms with Crippen LogP contribution >= 0.6 is 0 Å². The van der Waals surface area contributed by atoms with Gasteiger partial charge in [0.25, 0.3) is 5.91 Å². The summed E-state index contributed by atoms with van der Waals surface area (Å²) in [5, 5.41) is 0. The number of amides is 2. The van der Waals surface area contributed by atoms with Crippen molar-refractivity contribution in [3.63, 3.8) is 0 Å². The minimum absolute atomic E-state index is 0.0533. The van der Waals surface area contributed by atoms with Gasteiger partial charge in [-0.25, -0.2) is 4.98 Å². The van der Waals surface area contributed by atoms with Crippen LogP contribution in [0.4, 0.5) is 0 Å². The number of aromatic nitrogens is 2. The summed E-state index contributed by atoms with van der Waals surface area (Å²) in [5.74, 6) is 0.816. The molecule has 0 aliphatic carbocycles. The molecule has 0 radical (unpaired) electrons. The number of hydrogen-bond acceptors (Lipinski definition) is 5. The van der Waals surface area contributed by atoms with Gasteiger partial charge in [0, 0.05) is 64.0 Å². The van der Waals surface area contributed by atoms with Gasteiger partial charge < -0.3 is 24.8 Å². The first-order valence-corrected chi connectivity index (χ1v) is 12.9. The van der Waals surface area contributed by atoms with E-state index in [-0.39, 0.29) is 29.7 Å². The van der Waals surface area contributed by atoms with E-state index in [2.05, 4.69) is 10.6 Å². The quantitative estimate of drug-likeness (QED) is 0.515. The lowest BCUT2D eigenvalue weighted by atomic mass is 9.94. The highest BCUT2D eigenvalue weighted by atomic mass is 16.5. The maximum absolute atomic E-state index is 13.6. The van der Waals surface area contributed by atoms with Gasteiger partial charge in [0.2, 0.25) is 5.91 Å². The van der Waals surface area contributed by atoms with E-state index >= 15 is 0 Å². The van der Waals surface area contributed by atoms with Crippen molar-refractivity contribution < 1.29 is 14.3 Å². The van der Waals surface area contributed by atoms with E-state index in [9.17, 15) is 9.59 Å². The number of imidazole rings is 1. The van der Waals surface area contributed by atoms with E-state index in [1.54, 1.807) is 24.1 Å². The summed E-state index contributed by atoms with van der Waals surface area (Å²) in [7, 11) is 1.72. The standard InChI is InChI=1S/C28H35N5O3/c1-36-16-8-15-33-25-13-6-5-12-24(25)30-26(33)21-11-7-14-31(17-21)28(35)22-18-32(19-23(22)29)27(34)20-9-3-2-4-10-20/h2-6,9-10,12-13,21-23H,7-8,11,14-19,29H2,1H3/t21?,22-,23-/m1/s1. The van der Waals surface area contributed by atoms with E-state index in [4.69, 9.17) is 15.5 Å². The average molecular weight is 490 g/mol. The molecule has 2 aromatic carbocycles. The van der Waals surface area contributed by atoms with E-state index in [1.807, 2.05) is 41.3 Å². The lowest BCUT2D eigenvalue weighted by Gasteiger charge is -2.35. The van der Waals surface area contributed by atoms with Gasteiger partial charge in [-0.05, 0) is 43.5 Å². The summed E-state index contributed by atoms with van der Waals surface area (Å²) in [6, 6.07) is 17.0. The lowest BCUT2D eigenvalue weighted by molar-refractivity contribution is -0.136. The van der Waals surface area contributed by atoms with Gasteiger partial charge in [-0.2, -0.15) is 0 Å². The average Bonchev–Trinajstić information content (AvgIpc) is 3.49. The highest BCUT2D eigenvalue weighted by molar-refractivity contribution is 5.95. The fraction of sp³-hybridized carbons (Fsp3) is 0.464. The second-order valence-electron chi connectivity index (χ2n) is 9.93. The minimum atomic E-state index is -0.378. The zero-order chi connectivity index (χ0) is 25.1. The number of fused-ring (bicyclic) bond motifs is 1. The number of aryl methyl sites for hydroxylation is 1. The SMILES string of the molecule is COCCCn1c(C2CCCN(C(=O)[C@@H]3CN(C(=O)c4ccccc4)C[C@H]3N)C2)nc2ccccc21. The van der Waals surface area contributed by atoms with Crippen molar-refractivity contribution >= 4 is 22.8 Å². The summed E-state index contributed by atoms with van der Waals surface area (Å²) in [4.78, 5) is 35.2. The van der Waals surface area contributed by atoms with Crippen molar-refractivity contribution in [2.75, 3.05) is 39.9 Å². The zero-order valence-corrected chi connectivity index (χ0v) is 20.9. The van der Waals surface area contributed by atoms with Crippen LogP contribution in [0.5, 0.6) is 0 Å². The number of carbonyl (C=O) groups excluding carboxylic acids is 2. The van der Waals surface area contributed by atoms with Crippen molar-refractivity contribution in [3.8, 4) is 0 Å². The fourth-order valence-electron chi connectivity index (χ4n) is 5.65. The lowest BCUT2D eigenvalue weighted by Crippen LogP contribution is -2.47. The number of ether oxygens (including phenoxy) is 1. The van der Waals surface area contributed by atoms with Gasteiger partial charge in [0.05, 0.1) is 17.0 Å². The number of likely N-dealkylation sites (tertiary alicyclic amines) is 2. The summed E-state index contributed by atoms with van der Waals surface area (Å²) < 4.78 is 7.58. The molecule has 2 fully saturated rings. The van der Waals surface area contributed by atoms with Crippen molar-refractivity contribution in [3.05, 3.63) is 66.0 Å². The molecule has 0 saturated carbocycles. The molecular weight excluding hydrogens is 454 g/mol. The van der Waals surface area contributed by atoms with Gasteiger partial charge in [-0.1, -0.05) is 30.3 Å². The molecule has 1 aromatic heterocycles. The Hall–Kier alpha value is -3.23. The third-order valence-electron chi connectivity index (χ3n) is 7.50. The van der Waals surface area contributed by atoms with Gasteiger partial charge in [-0.15, -0.1) is 0 Å². The summed E-state index contributed by atoms with van der Waals surface area (Å²) in [5.41, 5.74) is 9.15. The Kier molecular flexibility index (Phi) is 7.34. The smallest absolute Gasteiger partial charge is 0.253 e. The molecule has 0 bridgehead atoms. The topological polar surface area (TPSA) is 93.7 Å². The third-order valence-corrected chi connectivity index (χ3v) is 7.50. The number of methoxy groups -OCH3 is 1.